The Morgan fingerprint density at radius 1 is 0.966 bits per heavy atom. The summed E-state index contributed by atoms with van der Waals surface area (Å²) in [6, 6.07) is 17.8. The normalized spacial score (nSPS) is 10.5. The highest BCUT2D eigenvalue weighted by atomic mass is 16.2. The number of nitrogens with one attached hydrogen (secondary N) is 1. The molecule has 3 rings (SSSR count). The smallest absolute Gasteiger partial charge is 0.259 e. The Labute approximate surface area is 173 Å². The van der Waals surface area contributed by atoms with Crippen molar-refractivity contribution in [3.05, 3.63) is 78.1 Å². The lowest BCUT2D eigenvalue weighted by molar-refractivity contribution is 0.0992. The molecule has 0 saturated carbocycles. The van der Waals surface area contributed by atoms with E-state index in [-0.39, 0.29) is 5.91 Å². The number of carbonyl (C=O) groups is 1. The van der Waals surface area contributed by atoms with Crippen LogP contribution in [-0.4, -0.2) is 31.0 Å². The van der Waals surface area contributed by atoms with E-state index in [0.717, 1.165) is 35.7 Å². The molecule has 1 N–H and O–H groups in total. The molecule has 0 unspecified atom stereocenters. The molecule has 0 bridgehead atoms. The van der Waals surface area contributed by atoms with Gasteiger partial charge in [0.15, 0.2) is 0 Å². The third kappa shape index (κ3) is 4.74. The molecule has 3 aromatic rings. The Morgan fingerprint density at radius 3 is 2.34 bits per heavy atom. The van der Waals surface area contributed by atoms with E-state index in [2.05, 4.69) is 54.2 Å². The Hall–Kier alpha value is -3.34. The van der Waals surface area contributed by atoms with Crippen LogP contribution < -0.4 is 15.1 Å². The van der Waals surface area contributed by atoms with Crippen LogP contribution in [0, 0.1) is 6.92 Å². The number of para-hydroxylation sites is 1. The highest BCUT2D eigenvalue weighted by Crippen LogP contribution is 2.26. The van der Waals surface area contributed by atoms with Crippen molar-refractivity contribution in [3.63, 3.8) is 0 Å². The third-order valence-electron chi connectivity index (χ3n) is 5.05. The van der Waals surface area contributed by atoms with Gasteiger partial charge in [0.2, 0.25) is 0 Å². The highest BCUT2D eigenvalue weighted by Gasteiger charge is 2.14. The predicted molar refractivity (Wildman–Crippen MR) is 121 cm³/mol. The number of pyridine rings is 1. The van der Waals surface area contributed by atoms with Crippen molar-refractivity contribution in [3.8, 4) is 0 Å². The summed E-state index contributed by atoms with van der Waals surface area (Å²) in [5.41, 5.74) is 5.54. The summed E-state index contributed by atoms with van der Waals surface area (Å²) in [4.78, 5) is 21.1. The number of aryl methyl sites for hydroxylation is 1. The summed E-state index contributed by atoms with van der Waals surface area (Å²) >= 11 is 0. The average molecular weight is 389 g/mol. The van der Waals surface area contributed by atoms with Crippen LogP contribution in [0.5, 0.6) is 0 Å². The molecule has 0 fully saturated rings. The van der Waals surface area contributed by atoms with Gasteiger partial charge in [-0.1, -0.05) is 18.2 Å². The van der Waals surface area contributed by atoms with Crippen LogP contribution in [0.4, 0.5) is 22.7 Å². The Kier molecular flexibility index (Phi) is 6.50. The number of hydrogen-bond donors (Lipinski definition) is 1. The minimum absolute atomic E-state index is 0.0963. The summed E-state index contributed by atoms with van der Waals surface area (Å²) in [5.74, 6) is -0.0963. The van der Waals surface area contributed by atoms with E-state index in [0.29, 0.717) is 5.56 Å². The van der Waals surface area contributed by atoms with Crippen molar-refractivity contribution >= 4 is 28.7 Å². The van der Waals surface area contributed by atoms with E-state index < -0.39 is 0 Å². The molecule has 2 aromatic carbocycles. The number of benzene rings is 2. The minimum Gasteiger partial charge on any atom is -0.372 e. The van der Waals surface area contributed by atoms with Gasteiger partial charge in [-0.05, 0) is 62.7 Å². The molecule has 5 heteroatoms. The first-order valence-electron chi connectivity index (χ1n) is 9.94. The zero-order valence-corrected chi connectivity index (χ0v) is 17.5. The monoisotopic (exact) mass is 388 g/mol. The standard InChI is InChI=1S/C24H28N4O/c1-5-28(6-2)22-12-13-23(18(3)14-22)26-20-15-19(16-25-17-20)24(29)27(4)21-10-8-7-9-11-21/h7-17,26H,5-6H2,1-4H3. The fourth-order valence-electron chi connectivity index (χ4n) is 3.32. The fourth-order valence-corrected chi connectivity index (χ4v) is 3.32. The molecule has 0 aliphatic rings. The Morgan fingerprint density at radius 2 is 1.69 bits per heavy atom. The van der Waals surface area contributed by atoms with Gasteiger partial charge in [-0.3, -0.25) is 9.78 Å². The average Bonchev–Trinajstić information content (AvgIpc) is 2.76. The van der Waals surface area contributed by atoms with E-state index in [9.17, 15) is 4.79 Å². The molecule has 0 atom stereocenters. The number of amides is 1. The second-order valence-electron chi connectivity index (χ2n) is 6.96. The van der Waals surface area contributed by atoms with Crippen molar-refractivity contribution in [1.82, 2.24) is 4.98 Å². The van der Waals surface area contributed by atoms with Gasteiger partial charge in [0.05, 0.1) is 17.4 Å². The van der Waals surface area contributed by atoms with Gasteiger partial charge >= 0.3 is 0 Å². The summed E-state index contributed by atoms with van der Waals surface area (Å²) in [5, 5.41) is 3.40. The second kappa shape index (κ2) is 9.24. The lowest BCUT2D eigenvalue weighted by Crippen LogP contribution is -2.26. The maximum absolute atomic E-state index is 12.9. The molecule has 1 heterocycles. The van der Waals surface area contributed by atoms with Crippen LogP contribution in [0.1, 0.15) is 29.8 Å². The maximum Gasteiger partial charge on any atom is 0.259 e. The van der Waals surface area contributed by atoms with E-state index in [1.54, 1.807) is 24.3 Å². The molecule has 0 spiro atoms. The summed E-state index contributed by atoms with van der Waals surface area (Å²) in [7, 11) is 1.77. The molecule has 0 aliphatic carbocycles. The maximum atomic E-state index is 12.9. The van der Waals surface area contributed by atoms with Gasteiger partial charge in [-0.25, -0.2) is 0 Å². The van der Waals surface area contributed by atoms with Gasteiger partial charge < -0.3 is 15.1 Å². The zero-order valence-electron chi connectivity index (χ0n) is 17.5. The molecule has 150 valence electrons. The van der Waals surface area contributed by atoms with Gasteiger partial charge in [-0.2, -0.15) is 0 Å². The predicted octanol–water partition coefficient (Wildman–Crippen LogP) is 5.26. The van der Waals surface area contributed by atoms with Crippen LogP contribution in [0.15, 0.2) is 67.0 Å². The molecular formula is C24H28N4O. The van der Waals surface area contributed by atoms with E-state index in [1.165, 1.54) is 5.69 Å². The SMILES string of the molecule is CCN(CC)c1ccc(Nc2cncc(C(=O)N(C)c3ccccc3)c2)c(C)c1. The topological polar surface area (TPSA) is 48.5 Å². The van der Waals surface area contributed by atoms with Crippen LogP contribution in [0.2, 0.25) is 0 Å². The van der Waals surface area contributed by atoms with Crippen molar-refractivity contribution in [2.24, 2.45) is 0 Å². The fraction of sp³-hybridized carbons (Fsp3) is 0.250. The number of carbonyl (C=O) groups excluding carboxylic acids is 1. The van der Waals surface area contributed by atoms with Crippen LogP contribution >= 0.6 is 0 Å². The number of hydrogen-bond acceptors (Lipinski definition) is 4. The molecule has 0 saturated heterocycles. The molecule has 29 heavy (non-hydrogen) atoms. The van der Waals surface area contributed by atoms with Crippen molar-refractivity contribution in [2.75, 3.05) is 35.3 Å². The third-order valence-corrected chi connectivity index (χ3v) is 5.05. The van der Waals surface area contributed by atoms with E-state index >= 15 is 0 Å². The van der Waals surface area contributed by atoms with Crippen LogP contribution in [0.25, 0.3) is 0 Å². The largest absolute Gasteiger partial charge is 0.372 e. The highest BCUT2D eigenvalue weighted by molar-refractivity contribution is 6.06. The Balaban J connectivity index is 1.79. The Bertz CT molecular complexity index is 968. The van der Waals surface area contributed by atoms with Crippen molar-refractivity contribution in [2.45, 2.75) is 20.8 Å². The number of nitrogens with zero attached hydrogens (tertiary/aromatic N) is 3. The molecule has 0 radical (unpaired) electrons. The number of anilines is 4. The molecule has 5 nitrogen and oxygen atoms in total. The number of aromatic nitrogens is 1. The number of rotatable bonds is 7. The molecule has 1 amide bonds. The van der Waals surface area contributed by atoms with Gasteiger partial charge in [0.1, 0.15) is 0 Å². The van der Waals surface area contributed by atoms with E-state index in [1.807, 2.05) is 36.4 Å². The second-order valence-corrected chi connectivity index (χ2v) is 6.96. The summed E-state index contributed by atoms with van der Waals surface area (Å²) in [6.45, 7) is 8.36. The van der Waals surface area contributed by atoms with Crippen LogP contribution in [0.3, 0.4) is 0 Å². The van der Waals surface area contributed by atoms with Gasteiger partial charge in [0, 0.05) is 43.4 Å². The van der Waals surface area contributed by atoms with E-state index in [4.69, 9.17) is 0 Å². The first kappa shape index (κ1) is 20.4. The summed E-state index contributed by atoms with van der Waals surface area (Å²) in [6.07, 6.45) is 3.33. The lowest BCUT2D eigenvalue weighted by atomic mass is 10.1. The van der Waals surface area contributed by atoms with Gasteiger partial charge in [0.25, 0.3) is 5.91 Å². The molecule has 1 aromatic heterocycles. The first-order valence-corrected chi connectivity index (χ1v) is 9.94. The zero-order chi connectivity index (χ0) is 20.8. The minimum atomic E-state index is -0.0963. The van der Waals surface area contributed by atoms with Crippen molar-refractivity contribution in [1.29, 1.82) is 0 Å². The molecular weight excluding hydrogens is 360 g/mol. The van der Waals surface area contributed by atoms with Crippen molar-refractivity contribution < 1.29 is 4.79 Å². The molecule has 0 aliphatic heterocycles. The lowest BCUT2D eigenvalue weighted by Gasteiger charge is -2.22. The van der Waals surface area contributed by atoms with Crippen LogP contribution in [-0.2, 0) is 0 Å². The van der Waals surface area contributed by atoms with Gasteiger partial charge in [-0.15, -0.1) is 0 Å². The quantitative estimate of drug-likeness (QED) is 0.600. The first-order chi connectivity index (χ1) is 14.0. The summed E-state index contributed by atoms with van der Waals surface area (Å²) < 4.78 is 0.